The molecular weight excluding hydrogens is 761 g/mol. The van der Waals surface area contributed by atoms with E-state index in [-0.39, 0.29) is 10.8 Å². The highest BCUT2D eigenvalue weighted by Crippen LogP contribution is 2.59. The SMILES string of the molecule is C=C/C=C(\C=C/C)n1c2ccccc2c2cc(-c3ccc4c(c3)C(C)(C)c3c-4ccc4c3C(C)(C)c3cc(-c5ccc6c(c5)c5ccccc5n6-c5ccccc5)ccc3-4)ccc21. The number of hydrogen-bond donors (Lipinski definition) is 0. The molecule has 0 fully saturated rings. The van der Waals surface area contributed by atoms with Gasteiger partial charge in [0, 0.05) is 43.8 Å². The number of para-hydroxylation sites is 3. The summed E-state index contributed by atoms with van der Waals surface area (Å²) in [6.07, 6.45) is 8.21. The van der Waals surface area contributed by atoms with Gasteiger partial charge in [-0.25, -0.2) is 0 Å². The van der Waals surface area contributed by atoms with Crippen LogP contribution in [-0.2, 0) is 10.8 Å². The summed E-state index contributed by atoms with van der Waals surface area (Å²) in [4.78, 5) is 0. The molecule has 2 aliphatic rings. The largest absolute Gasteiger partial charge is 0.309 e. The smallest absolute Gasteiger partial charge is 0.0541 e. The second-order valence-corrected chi connectivity index (χ2v) is 18.5. The first kappa shape index (κ1) is 37.4. The van der Waals surface area contributed by atoms with Crippen LogP contribution in [0.3, 0.4) is 0 Å². The Balaban J connectivity index is 0.937. The minimum Gasteiger partial charge on any atom is -0.309 e. The minimum atomic E-state index is -0.191. The average molecular weight is 809 g/mol. The third-order valence-corrected chi connectivity index (χ3v) is 14.3. The summed E-state index contributed by atoms with van der Waals surface area (Å²) in [5.41, 5.74) is 22.9. The minimum absolute atomic E-state index is 0.188. The summed E-state index contributed by atoms with van der Waals surface area (Å²) in [5.74, 6) is 0. The lowest BCUT2D eigenvalue weighted by atomic mass is 9.72. The van der Waals surface area contributed by atoms with Crippen LogP contribution in [-0.4, -0.2) is 9.13 Å². The molecule has 302 valence electrons. The molecule has 0 saturated heterocycles. The van der Waals surface area contributed by atoms with E-state index >= 15 is 0 Å². The topological polar surface area (TPSA) is 9.86 Å². The van der Waals surface area contributed by atoms with Gasteiger partial charge in [0.25, 0.3) is 0 Å². The van der Waals surface area contributed by atoms with Gasteiger partial charge in [0.2, 0.25) is 0 Å². The van der Waals surface area contributed by atoms with Crippen LogP contribution < -0.4 is 0 Å². The molecule has 10 aromatic rings. The Morgan fingerprint density at radius 3 is 1.49 bits per heavy atom. The van der Waals surface area contributed by atoms with E-state index in [4.69, 9.17) is 0 Å². The highest BCUT2D eigenvalue weighted by atomic mass is 15.0. The predicted molar refractivity (Wildman–Crippen MR) is 269 cm³/mol. The zero-order valence-electron chi connectivity index (χ0n) is 36.5. The van der Waals surface area contributed by atoms with Crippen LogP contribution in [0.25, 0.3) is 99.5 Å². The fourth-order valence-electron chi connectivity index (χ4n) is 11.5. The molecule has 63 heavy (non-hydrogen) atoms. The van der Waals surface area contributed by atoms with Crippen molar-refractivity contribution >= 4 is 49.3 Å². The molecule has 0 amide bonds. The number of aromatic nitrogens is 2. The Labute approximate surface area is 369 Å². The summed E-state index contributed by atoms with van der Waals surface area (Å²) in [6.45, 7) is 15.9. The second kappa shape index (κ2) is 13.5. The van der Waals surface area contributed by atoms with Crippen LogP contribution in [0.1, 0.15) is 56.9 Å². The quantitative estimate of drug-likeness (QED) is 0.148. The normalized spacial score (nSPS) is 14.8. The summed E-state index contributed by atoms with van der Waals surface area (Å²) in [7, 11) is 0. The maximum atomic E-state index is 4.01. The Morgan fingerprint density at radius 2 is 0.905 bits per heavy atom. The van der Waals surface area contributed by atoms with Crippen LogP contribution in [0.2, 0.25) is 0 Å². The lowest BCUT2D eigenvalue weighted by Gasteiger charge is -2.31. The van der Waals surface area contributed by atoms with Gasteiger partial charge in [-0.05, 0) is 147 Å². The van der Waals surface area contributed by atoms with Gasteiger partial charge in [-0.2, -0.15) is 0 Å². The van der Waals surface area contributed by atoms with Crippen LogP contribution >= 0.6 is 0 Å². The van der Waals surface area contributed by atoms with E-state index in [0.717, 1.165) is 5.70 Å². The van der Waals surface area contributed by atoms with E-state index in [2.05, 4.69) is 232 Å². The number of nitrogens with zero attached hydrogens (tertiary/aromatic N) is 2. The summed E-state index contributed by atoms with van der Waals surface area (Å²) >= 11 is 0. The molecule has 2 nitrogen and oxygen atoms in total. The van der Waals surface area contributed by atoms with Crippen molar-refractivity contribution in [3.05, 3.63) is 217 Å². The Hall–Kier alpha value is -7.42. The van der Waals surface area contributed by atoms with Gasteiger partial charge < -0.3 is 9.13 Å². The molecule has 0 saturated carbocycles. The van der Waals surface area contributed by atoms with Crippen molar-refractivity contribution in [1.82, 2.24) is 9.13 Å². The molecule has 0 spiro atoms. The van der Waals surface area contributed by atoms with E-state index in [0.29, 0.717) is 0 Å². The summed E-state index contributed by atoms with van der Waals surface area (Å²) in [5, 5.41) is 5.05. The van der Waals surface area contributed by atoms with E-state index in [1.54, 1.807) is 0 Å². The maximum absolute atomic E-state index is 4.01. The maximum Gasteiger partial charge on any atom is 0.0541 e. The van der Waals surface area contributed by atoms with Gasteiger partial charge >= 0.3 is 0 Å². The fraction of sp³-hybridized carbons (Fsp3) is 0.115. The lowest BCUT2D eigenvalue weighted by molar-refractivity contribution is 0.601. The molecule has 2 aliphatic carbocycles. The van der Waals surface area contributed by atoms with E-state index in [9.17, 15) is 0 Å². The molecule has 2 heteroatoms. The van der Waals surface area contributed by atoms with Crippen molar-refractivity contribution in [2.24, 2.45) is 0 Å². The Morgan fingerprint density at radius 1 is 0.460 bits per heavy atom. The van der Waals surface area contributed by atoms with Gasteiger partial charge in [-0.3, -0.25) is 0 Å². The first-order valence-electron chi connectivity index (χ1n) is 22.2. The average Bonchev–Trinajstić information content (AvgIpc) is 3.97. The zero-order valence-corrected chi connectivity index (χ0v) is 36.5. The number of fused-ring (bicyclic) bond motifs is 13. The first-order valence-corrected chi connectivity index (χ1v) is 22.2. The number of hydrogen-bond acceptors (Lipinski definition) is 0. The van der Waals surface area contributed by atoms with Crippen molar-refractivity contribution in [3.8, 4) is 50.2 Å². The van der Waals surface area contributed by atoms with Crippen molar-refractivity contribution in [1.29, 1.82) is 0 Å². The molecule has 0 bridgehead atoms. The Bertz CT molecular complexity index is 3640. The standard InChI is InChI=1S/C61H48N2/c1-7-16-42(17-8-2)62-54-22-14-12-20-46(54)50-34-38(26-32-56(50)62)40-24-28-44-48-30-31-49-45-29-25-41(37-53(45)61(5,6)59(49)58(48)60(3,4)52(44)36-40)39-27-33-57-51(35-39)47-21-13-15-23-55(47)63(57)43-18-10-9-11-19-43/h7-37H,1H2,2-6H3/b17-8-,42-16+. The Kier molecular flexibility index (Phi) is 8.03. The van der Waals surface area contributed by atoms with Gasteiger partial charge in [-0.15, -0.1) is 0 Å². The molecular formula is C61H48N2. The van der Waals surface area contributed by atoms with E-state index in [1.807, 2.05) is 6.08 Å². The van der Waals surface area contributed by atoms with Gasteiger partial charge in [0.1, 0.15) is 0 Å². The highest BCUT2D eigenvalue weighted by molar-refractivity contribution is 6.12. The molecule has 12 rings (SSSR count). The van der Waals surface area contributed by atoms with Crippen molar-refractivity contribution in [2.45, 2.75) is 45.4 Å². The third-order valence-electron chi connectivity index (χ3n) is 14.3. The molecule has 2 aromatic heterocycles. The van der Waals surface area contributed by atoms with E-state index in [1.165, 1.54) is 116 Å². The van der Waals surface area contributed by atoms with Gasteiger partial charge in [0.15, 0.2) is 0 Å². The molecule has 8 aromatic carbocycles. The third kappa shape index (κ3) is 5.25. The highest BCUT2D eigenvalue weighted by Gasteiger charge is 2.46. The van der Waals surface area contributed by atoms with Crippen LogP contribution in [0.5, 0.6) is 0 Å². The molecule has 0 unspecified atom stereocenters. The van der Waals surface area contributed by atoms with Crippen molar-refractivity contribution in [2.75, 3.05) is 0 Å². The predicted octanol–water partition coefficient (Wildman–Crippen LogP) is 16.4. The molecule has 0 atom stereocenters. The van der Waals surface area contributed by atoms with E-state index < -0.39 is 0 Å². The second-order valence-electron chi connectivity index (χ2n) is 18.5. The van der Waals surface area contributed by atoms with Gasteiger partial charge in [-0.1, -0.05) is 150 Å². The molecule has 0 radical (unpaired) electrons. The van der Waals surface area contributed by atoms with Crippen LogP contribution in [0, 0.1) is 0 Å². The summed E-state index contributed by atoms with van der Waals surface area (Å²) < 4.78 is 4.75. The van der Waals surface area contributed by atoms with Gasteiger partial charge in [0.05, 0.1) is 22.1 Å². The molecule has 0 aliphatic heterocycles. The first-order chi connectivity index (χ1) is 30.7. The van der Waals surface area contributed by atoms with Crippen LogP contribution in [0.4, 0.5) is 0 Å². The fourth-order valence-corrected chi connectivity index (χ4v) is 11.5. The number of rotatable bonds is 6. The lowest BCUT2D eigenvalue weighted by Crippen LogP contribution is -2.24. The van der Waals surface area contributed by atoms with Crippen molar-refractivity contribution in [3.63, 3.8) is 0 Å². The number of benzene rings is 8. The molecule has 2 heterocycles. The number of allylic oxidation sites excluding steroid dienone is 5. The van der Waals surface area contributed by atoms with Crippen molar-refractivity contribution < 1.29 is 0 Å². The monoisotopic (exact) mass is 808 g/mol. The summed E-state index contributed by atoms with van der Waals surface area (Å²) in [6, 6.07) is 61.4. The van der Waals surface area contributed by atoms with Crippen LogP contribution in [0.15, 0.2) is 195 Å². The zero-order chi connectivity index (χ0) is 42.8. The molecule has 0 N–H and O–H groups in total.